The van der Waals surface area contributed by atoms with E-state index in [-0.39, 0.29) is 11.8 Å². The van der Waals surface area contributed by atoms with Crippen LogP contribution in [0.25, 0.3) is 0 Å². The Labute approximate surface area is 129 Å². The number of carbonyl (C=O) groups is 1. The predicted molar refractivity (Wildman–Crippen MR) is 88.8 cm³/mol. The minimum absolute atomic E-state index is 0.00345. The van der Waals surface area contributed by atoms with Crippen molar-refractivity contribution in [3.05, 3.63) is 35.4 Å². The molecule has 0 spiro atoms. The van der Waals surface area contributed by atoms with Gasteiger partial charge >= 0.3 is 0 Å². The molecular weight excluding hydrogens is 258 g/mol. The molecule has 2 rings (SSSR count). The van der Waals surface area contributed by atoms with E-state index in [0.717, 1.165) is 18.5 Å². The van der Waals surface area contributed by atoms with E-state index < -0.39 is 0 Å². The maximum atomic E-state index is 12.7. The molecule has 0 amide bonds. The summed E-state index contributed by atoms with van der Waals surface area (Å²) in [6.07, 6.45) is 4.70. The first-order valence-corrected chi connectivity index (χ1v) is 8.41. The average Bonchev–Trinajstić information content (AvgIpc) is 3.31. The first-order chi connectivity index (χ1) is 10.0. The number of ketones is 1. The topological polar surface area (TPSA) is 20.3 Å². The number of benzene rings is 1. The van der Waals surface area contributed by atoms with Crippen molar-refractivity contribution in [1.82, 2.24) is 4.90 Å². The molecule has 1 aromatic rings. The lowest BCUT2D eigenvalue weighted by Crippen LogP contribution is -2.41. The standard InChI is InChI=1S/C19H29NO/c1-5-16-6-8-17(9-7-16)19(21)15(4)20(18-10-11-18)13-12-14(2)3/h6-9,14-15,18H,5,10-13H2,1-4H3. The summed E-state index contributed by atoms with van der Waals surface area (Å²) in [5.74, 6) is 0.964. The molecule has 0 radical (unpaired) electrons. The summed E-state index contributed by atoms with van der Waals surface area (Å²) < 4.78 is 0. The van der Waals surface area contributed by atoms with E-state index in [1.165, 1.54) is 24.8 Å². The molecule has 1 aliphatic rings. The molecule has 1 atom stereocenters. The third-order valence-corrected chi connectivity index (χ3v) is 4.50. The number of Topliss-reactive ketones (excluding diaryl/α,β-unsaturated/α-hetero) is 1. The molecule has 2 nitrogen and oxygen atoms in total. The van der Waals surface area contributed by atoms with Crippen molar-refractivity contribution < 1.29 is 4.79 Å². The van der Waals surface area contributed by atoms with Gasteiger partial charge < -0.3 is 0 Å². The van der Waals surface area contributed by atoms with Crippen molar-refractivity contribution >= 4 is 5.78 Å². The molecule has 21 heavy (non-hydrogen) atoms. The third kappa shape index (κ3) is 4.41. The molecule has 1 aromatic carbocycles. The first kappa shape index (κ1) is 16.2. The molecule has 0 N–H and O–H groups in total. The molecule has 1 fully saturated rings. The molecular formula is C19H29NO. The maximum Gasteiger partial charge on any atom is 0.179 e. The van der Waals surface area contributed by atoms with Crippen molar-refractivity contribution in [3.63, 3.8) is 0 Å². The Morgan fingerprint density at radius 2 is 1.81 bits per heavy atom. The Hall–Kier alpha value is -1.15. The number of hydrogen-bond acceptors (Lipinski definition) is 2. The summed E-state index contributed by atoms with van der Waals surface area (Å²) in [6, 6.07) is 8.78. The second-order valence-electron chi connectivity index (χ2n) is 6.74. The molecule has 0 heterocycles. The fourth-order valence-electron chi connectivity index (χ4n) is 2.80. The van der Waals surface area contributed by atoms with E-state index in [4.69, 9.17) is 0 Å². The van der Waals surface area contributed by atoms with Gasteiger partial charge in [0.25, 0.3) is 0 Å². The van der Waals surface area contributed by atoms with Gasteiger partial charge in [0.2, 0.25) is 0 Å². The lowest BCUT2D eigenvalue weighted by molar-refractivity contribution is 0.0818. The average molecular weight is 287 g/mol. The Kier molecular flexibility index (Phi) is 5.58. The van der Waals surface area contributed by atoms with Crippen molar-refractivity contribution in [1.29, 1.82) is 0 Å². The van der Waals surface area contributed by atoms with Crippen LogP contribution in [0, 0.1) is 5.92 Å². The van der Waals surface area contributed by atoms with Crippen LogP contribution in [0.15, 0.2) is 24.3 Å². The zero-order chi connectivity index (χ0) is 15.4. The van der Waals surface area contributed by atoms with Gasteiger partial charge in [0.15, 0.2) is 5.78 Å². The summed E-state index contributed by atoms with van der Waals surface area (Å²) >= 11 is 0. The minimum Gasteiger partial charge on any atom is -0.292 e. The Balaban J connectivity index is 2.04. The predicted octanol–water partition coefficient (Wildman–Crippen LogP) is 4.33. The summed E-state index contributed by atoms with van der Waals surface area (Å²) in [6.45, 7) is 9.76. The smallest absolute Gasteiger partial charge is 0.179 e. The molecule has 1 unspecified atom stereocenters. The Bertz CT molecular complexity index is 459. The van der Waals surface area contributed by atoms with Gasteiger partial charge in [-0.15, -0.1) is 0 Å². The highest BCUT2D eigenvalue weighted by atomic mass is 16.1. The summed E-state index contributed by atoms with van der Waals surface area (Å²) in [7, 11) is 0. The molecule has 0 bridgehead atoms. The number of rotatable bonds is 8. The molecule has 2 heteroatoms. The first-order valence-electron chi connectivity index (χ1n) is 8.41. The third-order valence-electron chi connectivity index (χ3n) is 4.50. The number of aryl methyl sites for hydroxylation is 1. The maximum absolute atomic E-state index is 12.7. The van der Waals surface area contributed by atoms with Gasteiger partial charge in [0, 0.05) is 11.6 Å². The Morgan fingerprint density at radius 1 is 1.19 bits per heavy atom. The van der Waals surface area contributed by atoms with Crippen LogP contribution in [0.2, 0.25) is 0 Å². The highest BCUT2D eigenvalue weighted by Gasteiger charge is 2.34. The van der Waals surface area contributed by atoms with Gasteiger partial charge in [0.1, 0.15) is 0 Å². The lowest BCUT2D eigenvalue weighted by Gasteiger charge is -2.29. The summed E-state index contributed by atoms with van der Waals surface area (Å²) in [5, 5.41) is 0. The van der Waals surface area contributed by atoms with Gasteiger partial charge in [-0.25, -0.2) is 0 Å². The molecule has 1 aliphatic carbocycles. The molecule has 116 valence electrons. The largest absolute Gasteiger partial charge is 0.292 e. The lowest BCUT2D eigenvalue weighted by atomic mass is 10.0. The summed E-state index contributed by atoms with van der Waals surface area (Å²) in [4.78, 5) is 15.1. The van der Waals surface area contributed by atoms with Crippen LogP contribution in [0.1, 0.15) is 62.9 Å². The van der Waals surface area contributed by atoms with E-state index in [1.807, 2.05) is 12.1 Å². The molecule has 1 saturated carbocycles. The van der Waals surface area contributed by atoms with E-state index in [0.29, 0.717) is 12.0 Å². The van der Waals surface area contributed by atoms with Crippen molar-refractivity contribution in [2.75, 3.05) is 6.54 Å². The van der Waals surface area contributed by atoms with Crippen LogP contribution in [-0.2, 0) is 6.42 Å². The normalized spacial score (nSPS) is 16.5. The minimum atomic E-state index is 0.00345. The second kappa shape index (κ2) is 7.22. The highest BCUT2D eigenvalue weighted by Crippen LogP contribution is 2.30. The molecule has 0 saturated heterocycles. The van der Waals surface area contributed by atoms with Gasteiger partial charge in [-0.3, -0.25) is 9.69 Å². The number of nitrogens with zero attached hydrogens (tertiary/aromatic N) is 1. The van der Waals surface area contributed by atoms with E-state index in [1.54, 1.807) is 0 Å². The fraction of sp³-hybridized carbons (Fsp3) is 0.632. The van der Waals surface area contributed by atoms with Crippen LogP contribution >= 0.6 is 0 Å². The highest BCUT2D eigenvalue weighted by molar-refractivity contribution is 5.99. The molecule has 0 aliphatic heterocycles. The quantitative estimate of drug-likeness (QED) is 0.663. The van der Waals surface area contributed by atoms with Crippen LogP contribution in [0.4, 0.5) is 0 Å². The SMILES string of the molecule is CCc1ccc(C(=O)C(C)N(CCC(C)C)C2CC2)cc1. The van der Waals surface area contributed by atoms with E-state index in [2.05, 4.69) is 44.7 Å². The van der Waals surface area contributed by atoms with E-state index >= 15 is 0 Å². The second-order valence-corrected chi connectivity index (χ2v) is 6.74. The van der Waals surface area contributed by atoms with Crippen molar-refractivity contribution in [3.8, 4) is 0 Å². The van der Waals surface area contributed by atoms with Crippen LogP contribution in [-0.4, -0.2) is 29.3 Å². The van der Waals surface area contributed by atoms with E-state index in [9.17, 15) is 4.79 Å². The van der Waals surface area contributed by atoms with Crippen molar-refractivity contribution in [2.24, 2.45) is 5.92 Å². The monoisotopic (exact) mass is 287 g/mol. The number of hydrogen-bond donors (Lipinski definition) is 0. The number of carbonyl (C=O) groups excluding carboxylic acids is 1. The van der Waals surface area contributed by atoms with Gasteiger partial charge in [0.05, 0.1) is 6.04 Å². The zero-order valence-corrected chi connectivity index (χ0v) is 13.9. The molecule has 0 aromatic heterocycles. The summed E-state index contributed by atoms with van der Waals surface area (Å²) in [5.41, 5.74) is 2.15. The Morgan fingerprint density at radius 3 is 2.29 bits per heavy atom. The van der Waals surface area contributed by atoms with Crippen LogP contribution in [0.5, 0.6) is 0 Å². The van der Waals surface area contributed by atoms with Gasteiger partial charge in [-0.05, 0) is 50.6 Å². The fourth-order valence-corrected chi connectivity index (χ4v) is 2.80. The van der Waals surface area contributed by atoms with Crippen LogP contribution < -0.4 is 0 Å². The van der Waals surface area contributed by atoms with Crippen molar-refractivity contribution in [2.45, 2.75) is 65.5 Å². The zero-order valence-electron chi connectivity index (χ0n) is 13.9. The van der Waals surface area contributed by atoms with Gasteiger partial charge in [-0.1, -0.05) is 45.0 Å². The van der Waals surface area contributed by atoms with Gasteiger partial charge in [-0.2, -0.15) is 0 Å². The van der Waals surface area contributed by atoms with Crippen LogP contribution in [0.3, 0.4) is 0 Å².